The van der Waals surface area contributed by atoms with Gasteiger partial charge in [-0.15, -0.1) is 0 Å². The van der Waals surface area contributed by atoms with E-state index < -0.39 is 122 Å². The highest BCUT2D eigenvalue weighted by Gasteiger charge is 2.43. The fourth-order valence-corrected chi connectivity index (χ4v) is 12.2. The molecule has 3 aromatic heterocycles. The highest BCUT2D eigenvalue weighted by molar-refractivity contribution is 8.77. The number of unbranched alkanes of at least 4 members (excludes halogenated alkanes) is 2. The number of fused-ring (bicyclic) bond motifs is 1. The van der Waals surface area contributed by atoms with E-state index in [9.17, 15) is 72.1 Å². The van der Waals surface area contributed by atoms with Crippen LogP contribution >= 0.6 is 52.9 Å². The molecule has 0 aliphatic carbocycles. The lowest BCUT2D eigenvalue weighted by Gasteiger charge is -2.19. The van der Waals surface area contributed by atoms with Crippen molar-refractivity contribution in [3.63, 3.8) is 0 Å². The number of rotatable bonds is 29. The standard InChI is InChI=1S/C33H50N10O26P4S2/c44-18-12-24(66-20(18)14-64-70(53,54)55)42-8-5-23(47)41(33(42)52)9-7-34-22(46)4-2-1-3-6-35-29(48)30(40-31(49)50)75-74-11-10-63-32(51)39-27-26-28(37-16-36-27)43(17-38-26)25-13-19(45)21(67-25)15-65-72(59,60)69-73(61,62)68-71(56,57)58/h5,8,16-21,24-25,30,40,44-45H,1-4,6-7,9-15H2,(H,34,46)(H,35,48)(H,49,50)(H,59,60)(H,61,62)(H2,53,54,55)(H2,56,57,58)(H,36,37,39,51). The van der Waals surface area contributed by atoms with Gasteiger partial charge in [-0.05, 0) is 12.8 Å². The van der Waals surface area contributed by atoms with E-state index in [1.165, 1.54) is 10.9 Å². The third-order valence-corrected chi connectivity index (χ3v) is 16.8. The van der Waals surface area contributed by atoms with Gasteiger partial charge in [0.15, 0.2) is 22.4 Å². The Hall–Kier alpha value is -4.23. The van der Waals surface area contributed by atoms with Gasteiger partial charge in [-0.2, -0.15) is 8.62 Å². The first-order chi connectivity index (χ1) is 35.1. The smallest absolute Gasteiger partial charge is 0.465 e. The average molecular weight is 1190 g/mol. The van der Waals surface area contributed by atoms with Crippen LogP contribution in [-0.4, -0.2) is 166 Å². The summed E-state index contributed by atoms with van der Waals surface area (Å²) < 4.78 is 81.3. The maximum atomic E-state index is 13.1. The predicted molar refractivity (Wildman–Crippen MR) is 252 cm³/mol. The van der Waals surface area contributed by atoms with Crippen LogP contribution in [-0.2, 0) is 66.3 Å². The lowest BCUT2D eigenvalue weighted by molar-refractivity contribution is -0.122. The van der Waals surface area contributed by atoms with Crippen molar-refractivity contribution >= 4 is 93.9 Å². The van der Waals surface area contributed by atoms with Crippen LogP contribution in [0, 0.1) is 0 Å². The molecule has 3 aromatic rings. The molecular formula is C33H50N10O26P4S2. The molecule has 2 aliphatic heterocycles. The van der Waals surface area contributed by atoms with Gasteiger partial charge in [0.25, 0.3) is 11.5 Å². The van der Waals surface area contributed by atoms with Crippen molar-refractivity contribution in [2.45, 2.75) is 87.3 Å². The molecule has 0 aromatic carbocycles. The fraction of sp³-hybridized carbons (Fsp3) is 0.606. The van der Waals surface area contributed by atoms with Gasteiger partial charge in [0.2, 0.25) is 5.91 Å². The minimum Gasteiger partial charge on any atom is -0.465 e. The van der Waals surface area contributed by atoms with Crippen LogP contribution in [0.5, 0.6) is 0 Å². The molecule has 5 heterocycles. The molecule has 5 rings (SSSR count). The summed E-state index contributed by atoms with van der Waals surface area (Å²) in [4.78, 5) is 141. The number of carbonyl (C=O) groups is 4. The van der Waals surface area contributed by atoms with E-state index in [1.807, 2.05) is 0 Å². The Labute approximate surface area is 428 Å². The Morgan fingerprint density at radius 2 is 1.48 bits per heavy atom. The number of phosphoric ester groups is 2. The maximum Gasteiger partial charge on any atom is 0.490 e. The lowest BCUT2D eigenvalue weighted by Crippen LogP contribution is -2.44. The van der Waals surface area contributed by atoms with Crippen molar-refractivity contribution in [3.8, 4) is 0 Å². The second-order valence-corrected chi connectivity index (χ2v) is 23.8. The Bertz CT molecular complexity index is 2820. The van der Waals surface area contributed by atoms with E-state index >= 15 is 0 Å². The number of carbonyl (C=O) groups excluding carboxylic acids is 3. The van der Waals surface area contributed by atoms with Crippen LogP contribution in [0.2, 0.25) is 0 Å². The molecule has 2 fully saturated rings. The summed E-state index contributed by atoms with van der Waals surface area (Å²) in [6, 6.07) is 1.08. The van der Waals surface area contributed by atoms with Crippen LogP contribution in [0.3, 0.4) is 0 Å². The summed E-state index contributed by atoms with van der Waals surface area (Å²) in [5.41, 5.74) is -1.40. The molecule has 2 saturated heterocycles. The monoisotopic (exact) mass is 1190 g/mol. The molecule has 0 radical (unpaired) electrons. The largest absolute Gasteiger partial charge is 0.490 e. The minimum absolute atomic E-state index is 0.0227. The van der Waals surface area contributed by atoms with Gasteiger partial charge >= 0.3 is 49.2 Å². The van der Waals surface area contributed by atoms with E-state index in [0.29, 0.717) is 19.3 Å². The molecule has 36 nitrogen and oxygen atoms in total. The van der Waals surface area contributed by atoms with Gasteiger partial charge in [0, 0.05) is 56.9 Å². The van der Waals surface area contributed by atoms with E-state index in [0.717, 1.165) is 49.3 Å². The predicted octanol–water partition coefficient (Wildman–Crippen LogP) is -1.08. The molecule has 13 N–H and O–H groups in total. The molecule has 0 saturated carbocycles. The zero-order chi connectivity index (χ0) is 55.3. The molecule has 420 valence electrons. The normalized spacial score (nSPS) is 22.0. The van der Waals surface area contributed by atoms with E-state index in [4.69, 9.17) is 33.8 Å². The number of anilines is 1. The fourth-order valence-electron chi connectivity index (χ4n) is 6.77. The number of hydrogen-bond acceptors (Lipinski definition) is 24. The molecule has 9 atom stereocenters. The highest BCUT2D eigenvalue weighted by atomic mass is 33.1. The number of aliphatic hydroxyl groups excluding tert-OH is 2. The second kappa shape index (κ2) is 27.4. The Morgan fingerprint density at radius 3 is 2.13 bits per heavy atom. The van der Waals surface area contributed by atoms with Crippen molar-refractivity contribution in [2.24, 2.45) is 0 Å². The topological polar surface area (TPSA) is 519 Å². The van der Waals surface area contributed by atoms with E-state index in [2.05, 4.69) is 53.9 Å². The maximum absolute atomic E-state index is 13.1. The van der Waals surface area contributed by atoms with Crippen molar-refractivity contribution in [2.75, 3.05) is 44.0 Å². The van der Waals surface area contributed by atoms with Crippen molar-refractivity contribution in [3.05, 3.63) is 45.8 Å². The first-order valence-electron chi connectivity index (χ1n) is 21.5. The summed E-state index contributed by atoms with van der Waals surface area (Å²) in [5.74, 6) is -1.11. The van der Waals surface area contributed by atoms with E-state index in [1.54, 1.807) is 0 Å². The zero-order valence-electron chi connectivity index (χ0n) is 38.3. The van der Waals surface area contributed by atoms with Crippen LogP contribution in [0.15, 0.2) is 34.5 Å². The number of nitrogens with one attached hydrogen (secondary N) is 4. The number of hydrogen-bond donors (Lipinski definition) is 13. The van der Waals surface area contributed by atoms with Gasteiger partial charge in [0.1, 0.15) is 37.6 Å². The number of imidazole rings is 1. The quantitative estimate of drug-likeness (QED) is 0.0170. The van der Waals surface area contributed by atoms with Gasteiger partial charge in [-0.1, -0.05) is 28.0 Å². The molecule has 42 heteroatoms. The lowest BCUT2D eigenvalue weighted by atomic mass is 10.2. The number of phosphoric acid groups is 4. The van der Waals surface area contributed by atoms with Crippen molar-refractivity contribution in [1.29, 1.82) is 0 Å². The first kappa shape index (κ1) is 61.6. The molecule has 9 unspecified atom stereocenters. The molecule has 0 bridgehead atoms. The van der Waals surface area contributed by atoms with Gasteiger partial charge in [0.05, 0.1) is 31.7 Å². The summed E-state index contributed by atoms with van der Waals surface area (Å²) in [6.07, 6.45) is -5.32. The number of aliphatic hydroxyl groups is 2. The van der Waals surface area contributed by atoms with Crippen molar-refractivity contribution < 1.29 is 114 Å². The number of carboxylic acid groups (broad SMARTS) is 1. The number of nitrogens with zero attached hydrogens (tertiary/aromatic N) is 6. The second-order valence-electron chi connectivity index (χ2n) is 15.5. The highest BCUT2D eigenvalue weighted by Crippen LogP contribution is 2.66. The first-order valence-corrected chi connectivity index (χ1v) is 29.9. The summed E-state index contributed by atoms with van der Waals surface area (Å²) in [6.45, 7) is -1.99. The van der Waals surface area contributed by atoms with Gasteiger partial charge in [-0.25, -0.2) is 47.6 Å². The minimum atomic E-state index is -5.79. The van der Waals surface area contributed by atoms with Crippen LogP contribution in [0.1, 0.15) is 51.0 Å². The van der Waals surface area contributed by atoms with Crippen LogP contribution in [0.4, 0.5) is 15.4 Å². The Morgan fingerprint density at radius 1 is 0.813 bits per heavy atom. The molecule has 2 aliphatic rings. The average Bonchev–Trinajstić information content (AvgIpc) is 4.01. The van der Waals surface area contributed by atoms with Gasteiger partial charge < -0.3 is 74.8 Å². The molecule has 75 heavy (non-hydrogen) atoms. The number of ether oxygens (including phenoxy) is 3. The SMILES string of the molecule is O=C(O)NC(SSCCOC(=O)Nc1ncnc2c1ncn2C1CC(O)C(COP(=O)(O)OP(=O)(O)OP(=O)(O)O)O1)C(=O)NCCCCCC(=O)NCCn1c(=O)ccn(C2CC(O)C(COP(=O)(O)O)O2)c1=O. The molecular weight excluding hydrogens is 1140 g/mol. The van der Waals surface area contributed by atoms with E-state index in [-0.39, 0.29) is 68.2 Å². The van der Waals surface area contributed by atoms with Gasteiger partial charge in [-0.3, -0.25) is 42.4 Å². The number of amides is 4. The summed E-state index contributed by atoms with van der Waals surface area (Å²) in [5, 5.41) is 38.4. The third kappa shape index (κ3) is 19.9. The Balaban J connectivity index is 0.966. The molecule has 0 spiro atoms. The summed E-state index contributed by atoms with van der Waals surface area (Å²) >= 11 is 0. The van der Waals surface area contributed by atoms with Crippen LogP contribution < -0.4 is 32.5 Å². The Kier molecular flexibility index (Phi) is 22.5. The zero-order valence-corrected chi connectivity index (χ0v) is 43.5. The summed E-state index contributed by atoms with van der Waals surface area (Å²) in [7, 11) is -19.9. The molecule has 4 amide bonds. The van der Waals surface area contributed by atoms with Crippen LogP contribution in [0.25, 0.3) is 11.2 Å². The number of aromatic nitrogens is 6. The van der Waals surface area contributed by atoms with Crippen molar-refractivity contribution in [1.82, 2.24) is 44.6 Å². The third-order valence-electron chi connectivity index (χ3n) is 10.0.